The van der Waals surface area contributed by atoms with Gasteiger partial charge >= 0.3 is 11.9 Å². The van der Waals surface area contributed by atoms with E-state index in [4.69, 9.17) is 10.5 Å². The summed E-state index contributed by atoms with van der Waals surface area (Å²) in [5.41, 5.74) is 5.12. The Balaban J connectivity index is 2.74. The van der Waals surface area contributed by atoms with E-state index in [2.05, 4.69) is 4.74 Å². The van der Waals surface area contributed by atoms with Crippen molar-refractivity contribution in [2.24, 2.45) is 5.73 Å². The molecule has 0 spiro atoms. The van der Waals surface area contributed by atoms with Crippen LogP contribution in [0.25, 0.3) is 0 Å². The first-order valence-corrected chi connectivity index (χ1v) is 5.99. The van der Waals surface area contributed by atoms with Gasteiger partial charge in [-0.3, -0.25) is 9.59 Å². The molecular weight excluding hydrogens is 284 g/mol. The van der Waals surface area contributed by atoms with Gasteiger partial charge in [0.15, 0.2) is 0 Å². The quantitative estimate of drug-likeness (QED) is 0.440. The molecule has 1 aliphatic heterocycles. The van der Waals surface area contributed by atoms with E-state index in [-0.39, 0.29) is 6.54 Å². The van der Waals surface area contributed by atoms with Gasteiger partial charge in [-0.25, -0.2) is 9.59 Å². The number of ether oxygens (including phenoxy) is 2. The summed E-state index contributed by atoms with van der Waals surface area (Å²) in [7, 11) is 1.14. The standard InChI is InChI=1S/C12H16N2O7/c1-6(15)14-5-7(11(18)10(14)12(13)19)21-9(17)4-3-8(16)20-2/h3-4,7,10-11,18H,5H2,1-2H3,(H2,13,19)/b4-3+/t7-,10-,11+/m0/s1. The van der Waals surface area contributed by atoms with Crippen LogP contribution < -0.4 is 5.73 Å². The third kappa shape index (κ3) is 4.02. The van der Waals surface area contributed by atoms with Crippen LogP contribution in [-0.2, 0) is 28.7 Å². The predicted octanol–water partition coefficient (Wildman–Crippen LogP) is -2.30. The molecule has 1 fully saturated rings. The zero-order chi connectivity index (χ0) is 16.2. The molecule has 2 amide bonds. The number of rotatable bonds is 4. The zero-order valence-corrected chi connectivity index (χ0v) is 11.5. The Kier molecular flexibility index (Phi) is 5.42. The molecule has 0 radical (unpaired) electrons. The lowest BCUT2D eigenvalue weighted by Gasteiger charge is -2.20. The molecule has 0 aromatic rings. The summed E-state index contributed by atoms with van der Waals surface area (Å²) < 4.78 is 9.19. The second-order valence-electron chi connectivity index (χ2n) is 4.34. The first-order chi connectivity index (χ1) is 9.77. The molecule has 0 bridgehead atoms. The van der Waals surface area contributed by atoms with Crippen molar-refractivity contribution >= 4 is 23.8 Å². The third-order valence-electron chi connectivity index (χ3n) is 2.94. The minimum Gasteiger partial charge on any atom is -0.466 e. The van der Waals surface area contributed by atoms with E-state index in [1.165, 1.54) is 6.92 Å². The van der Waals surface area contributed by atoms with E-state index in [1.54, 1.807) is 0 Å². The fourth-order valence-electron chi connectivity index (χ4n) is 1.95. The summed E-state index contributed by atoms with van der Waals surface area (Å²) in [6.07, 6.45) is -0.880. The molecule has 0 aromatic heterocycles. The molecule has 0 aliphatic carbocycles. The lowest BCUT2D eigenvalue weighted by molar-refractivity contribution is -0.148. The Morgan fingerprint density at radius 2 is 1.81 bits per heavy atom. The number of aliphatic hydroxyl groups is 1. The van der Waals surface area contributed by atoms with Crippen molar-refractivity contribution in [3.8, 4) is 0 Å². The van der Waals surface area contributed by atoms with Crippen molar-refractivity contribution in [3.05, 3.63) is 12.2 Å². The van der Waals surface area contributed by atoms with E-state index in [9.17, 15) is 24.3 Å². The van der Waals surface area contributed by atoms with Crippen LogP contribution >= 0.6 is 0 Å². The van der Waals surface area contributed by atoms with Gasteiger partial charge in [-0.05, 0) is 0 Å². The molecule has 1 rings (SSSR count). The minimum absolute atomic E-state index is 0.165. The Labute approximate surface area is 120 Å². The molecule has 3 atom stereocenters. The van der Waals surface area contributed by atoms with Crippen LogP contribution in [0, 0.1) is 0 Å². The lowest BCUT2D eigenvalue weighted by Crippen LogP contribution is -2.48. The number of carbonyl (C=O) groups excluding carboxylic acids is 4. The number of hydrogen-bond acceptors (Lipinski definition) is 7. The second-order valence-corrected chi connectivity index (χ2v) is 4.34. The fraction of sp³-hybridized carbons (Fsp3) is 0.500. The van der Waals surface area contributed by atoms with Crippen molar-refractivity contribution in [1.29, 1.82) is 0 Å². The predicted molar refractivity (Wildman–Crippen MR) is 67.4 cm³/mol. The van der Waals surface area contributed by atoms with Crippen LogP contribution in [0.1, 0.15) is 6.92 Å². The number of amides is 2. The molecule has 1 aliphatic rings. The monoisotopic (exact) mass is 300 g/mol. The first-order valence-electron chi connectivity index (χ1n) is 5.99. The number of hydrogen-bond donors (Lipinski definition) is 2. The molecule has 1 saturated heterocycles. The number of nitrogens with two attached hydrogens (primary N) is 1. The van der Waals surface area contributed by atoms with Gasteiger partial charge in [0.25, 0.3) is 0 Å². The minimum atomic E-state index is -1.43. The number of aliphatic hydroxyl groups excluding tert-OH is 1. The summed E-state index contributed by atoms with van der Waals surface area (Å²) in [5.74, 6) is -3.06. The molecule has 21 heavy (non-hydrogen) atoms. The topological polar surface area (TPSA) is 136 Å². The maximum absolute atomic E-state index is 11.5. The van der Waals surface area contributed by atoms with Crippen LogP contribution in [0.3, 0.4) is 0 Å². The van der Waals surface area contributed by atoms with Crippen LogP contribution in [-0.4, -0.2) is 65.7 Å². The highest BCUT2D eigenvalue weighted by atomic mass is 16.6. The van der Waals surface area contributed by atoms with Gasteiger partial charge in [0, 0.05) is 19.1 Å². The van der Waals surface area contributed by atoms with Gasteiger partial charge in [-0.15, -0.1) is 0 Å². The Bertz CT molecular complexity index is 488. The maximum Gasteiger partial charge on any atom is 0.331 e. The fourth-order valence-corrected chi connectivity index (χ4v) is 1.95. The van der Waals surface area contributed by atoms with Crippen molar-refractivity contribution < 1.29 is 33.8 Å². The van der Waals surface area contributed by atoms with Crippen LogP contribution in [0.5, 0.6) is 0 Å². The van der Waals surface area contributed by atoms with Crippen LogP contribution in [0.2, 0.25) is 0 Å². The summed E-state index contributed by atoms with van der Waals surface area (Å²) >= 11 is 0. The van der Waals surface area contributed by atoms with Crippen molar-refractivity contribution in [3.63, 3.8) is 0 Å². The molecule has 0 saturated carbocycles. The summed E-state index contributed by atoms with van der Waals surface area (Å²) in [6.45, 7) is 1.03. The van der Waals surface area contributed by atoms with E-state index >= 15 is 0 Å². The van der Waals surface area contributed by atoms with Crippen molar-refractivity contribution in [2.45, 2.75) is 25.2 Å². The van der Waals surface area contributed by atoms with Gasteiger partial charge in [0.2, 0.25) is 11.8 Å². The van der Waals surface area contributed by atoms with Crippen LogP contribution in [0.4, 0.5) is 0 Å². The average Bonchev–Trinajstić information content (AvgIpc) is 2.73. The van der Waals surface area contributed by atoms with Gasteiger partial charge < -0.3 is 25.2 Å². The van der Waals surface area contributed by atoms with E-state index in [0.717, 1.165) is 24.2 Å². The maximum atomic E-state index is 11.5. The van der Waals surface area contributed by atoms with Gasteiger partial charge in [-0.1, -0.05) is 0 Å². The number of nitrogens with zero attached hydrogens (tertiary/aromatic N) is 1. The summed E-state index contributed by atoms with van der Waals surface area (Å²) in [4.78, 5) is 46.0. The number of likely N-dealkylation sites (tertiary alicyclic amines) is 1. The summed E-state index contributed by atoms with van der Waals surface area (Å²) in [6, 6.07) is -1.26. The lowest BCUT2D eigenvalue weighted by atomic mass is 10.1. The number of primary amides is 1. The molecule has 3 N–H and O–H groups in total. The smallest absolute Gasteiger partial charge is 0.331 e. The molecular formula is C12H16N2O7. The Morgan fingerprint density at radius 3 is 2.24 bits per heavy atom. The third-order valence-corrected chi connectivity index (χ3v) is 2.94. The van der Waals surface area contributed by atoms with Crippen molar-refractivity contribution in [1.82, 2.24) is 4.90 Å². The zero-order valence-electron chi connectivity index (χ0n) is 11.5. The SMILES string of the molecule is COC(=O)/C=C/C(=O)O[C@H]1CN(C(C)=O)[C@H](C(N)=O)[C@@H]1O. The number of carbonyl (C=O) groups is 4. The Morgan fingerprint density at radius 1 is 1.24 bits per heavy atom. The highest BCUT2D eigenvalue weighted by Gasteiger charge is 2.47. The highest BCUT2D eigenvalue weighted by molar-refractivity contribution is 5.92. The molecule has 9 nitrogen and oxygen atoms in total. The Hall–Kier alpha value is -2.42. The summed E-state index contributed by atoms with van der Waals surface area (Å²) in [5, 5.41) is 9.92. The molecule has 116 valence electrons. The van der Waals surface area contributed by atoms with Crippen molar-refractivity contribution in [2.75, 3.05) is 13.7 Å². The normalized spacial score (nSPS) is 24.9. The highest BCUT2D eigenvalue weighted by Crippen LogP contribution is 2.21. The van der Waals surface area contributed by atoms with Crippen LogP contribution in [0.15, 0.2) is 12.2 Å². The van der Waals surface area contributed by atoms with Gasteiger partial charge in [-0.2, -0.15) is 0 Å². The molecule has 9 heteroatoms. The van der Waals surface area contributed by atoms with Gasteiger partial charge in [0.05, 0.1) is 13.7 Å². The average molecular weight is 300 g/mol. The largest absolute Gasteiger partial charge is 0.466 e. The number of methoxy groups -OCH3 is 1. The van der Waals surface area contributed by atoms with E-state index in [0.29, 0.717) is 0 Å². The second kappa shape index (κ2) is 6.84. The first kappa shape index (κ1) is 16.6. The van der Waals surface area contributed by atoms with E-state index < -0.39 is 42.0 Å². The molecule has 0 unspecified atom stereocenters. The molecule has 0 aromatic carbocycles. The molecule has 1 heterocycles. The van der Waals surface area contributed by atoms with Gasteiger partial charge in [0.1, 0.15) is 18.2 Å². The number of esters is 2. The van der Waals surface area contributed by atoms with E-state index in [1.807, 2.05) is 0 Å².